The minimum absolute atomic E-state index is 0.000110. The predicted molar refractivity (Wildman–Crippen MR) is 145 cm³/mol. The molecule has 0 fully saturated rings. The smallest absolute Gasteiger partial charge is 0.243 e. The minimum Gasteiger partial charge on any atom is -0.370 e. The summed E-state index contributed by atoms with van der Waals surface area (Å²) in [6.45, 7) is 1.14. The average molecular weight is 550 g/mol. The number of amides is 1. The standard InChI is InChI=1S/C28H25F2N5O3S/c1-17(36)32-20-10-12-21(13-11-20)39(37,38)35-15-19(14-18-6-2-4-8-24(18)29)26-23(16-35)27(34-28(31)33-26)22-7-3-5-9-25(22)30/h2-14,27H,15-16H2,1H3,(H,32,36)(H3,31,33,34)/b19-14+. The van der Waals surface area contributed by atoms with E-state index in [9.17, 15) is 22.0 Å². The van der Waals surface area contributed by atoms with E-state index in [0.717, 1.165) is 0 Å². The molecule has 1 atom stereocenters. The molecule has 0 bridgehead atoms. The maximum Gasteiger partial charge on any atom is 0.243 e. The SMILES string of the molecule is CC(=O)Nc1ccc(S(=O)(=O)N2CC3=C(NC(N)=NC3c3ccccc3F)/C(=C/c3ccccc3F)C2)cc1. The van der Waals surface area contributed by atoms with Gasteiger partial charge in [0.05, 0.1) is 4.90 Å². The lowest BCUT2D eigenvalue weighted by molar-refractivity contribution is -0.114. The fourth-order valence-electron chi connectivity index (χ4n) is 4.65. The number of halogens is 2. The molecule has 0 aromatic heterocycles. The van der Waals surface area contributed by atoms with Crippen LogP contribution in [0.25, 0.3) is 6.08 Å². The van der Waals surface area contributed by atoms with Crippen LogP contribution in [0.1, 0.15) is 24.1 Å². The van der Waals surface area contributed by atoms with Gasteiger partial charge in [0, 0.05) is 42.5 Å². The van der Waals surface area contributed by atoms with E-state index in [4.69, 9.17) is 5.73 Å². The molecule has 39 heavy (non-hydrogen) atoms. The highest BCUT2D eigenvalue weighted by atomic mass is 32.2. The van der Waals surface area contributed by atoms with Crippen LogP contribution < -0.4 is 16.4 Å². The van der Waals surface area contributed by atoms with Gasteiger partial charge in [-0.1, -0.05) is 36.4 Å². The van der Waals surface area contributed by atoms with E-state index in [1.54, 1.807) is 42.5 Å². The van der Waals surface area contributed by atoms with Crippen molar-refractivity contribution < 1.29 is 22.0 Å². The molecule has 1 amide bonds. The number of nitrogens with two attached hydrogens (primary N) is 1. The fourth-order valence-corrected chi connectivity index (χ4v) is 6.04. The van der Waals surface area contributed by atoms with Gasteiger partial charge in [0.1, 0.15) is 17.7 Å². The Bertz CT molecular complexity index is 1650. The van der Waals surface area contributed by atoms with Crippen molar-refractivity contribution in [2.75, 3.05) is 18.4 Å². The van der Waals surface area contributed by atoms with Gasteiger partial charge in [-0.2, -0.15) is 4.31 Å². The van der Waals surface area contributed by atoms with Gasteiger partial charge in [-0.05, 0) is 53.6 Å². The van der Waals surface area contributed by atoms with E-state index in [-0.39, 0.29) is 41.0 Å². The lowest BCUT2D eigenvalue weighted by Gasteiger charge is -2.37. The maximum atomic E-state index is 14.9. The Morgan fingerprint density at radius 2 is 1.69 bits per heavy atom. The van der Waals surface area contributed by atoms with Crippen LogP contribution in [0.5, 0.6) is 0 Å². The largest absolute Gasteiger partial charge is 0.370 e. The van der Waals surface area contributed by atoms with E-state index >= 15 is 0 Å². The predicted octanol–water partition coefficient (Wildman–Crippen LogP) is 3.92. The lowest BCUT2D eigenvalue weighted by Crippen LogP contribution is -2.46. The van der Waals surface area contributed by atoms with Gasteiger partial charge in [-0.3, -0.25) is 4.79 Å². The second-order valence-electron chi connectivity index (χ2n) is 9.13. The van der Waals surface area contributed by atoms with Gasteiger partial charge in [0.2, 0.25) is 15.9 Å². The zero-order chi connectivity index (χ0) is 27.7. The van der Waals surface area contributed by atoms with Gasteiger partial charge in [-0.25, -0.2) is 22.2 Å². The van der Waals surface area contributed by atoms with Crippen LogP contribution in [0.15, 0.2) is 99.5 Å². The molecule has 0 radical (unpaired) electrons. The van der Waals surface area contributed by atoms with Crippen LogP contribution in [-0.4, -0.2) is 37.7 Å². The number of hydrogen-bond donors (Lipinski definition) is 3. The van der Waals surface area contributed by atoms with Gasteiger partial charge >= 0.3 is 0 Å². The highest BCUT2D eigenvalue weighted by Crippen LogP contribution is 2.39. The van der Waals surface area contributed by atoms with Crippen LogP contribution in [0.3, 0.4) is 0 Å². The third-order valence-corrected chi connectivity index (χ3v) is 8.24. The summed E-state index contributed by atoms with van der Waals surface area (Å²) in [7, 11) is -4.07. The summed E-state index contributed by atoms with van der Waals surface area (Å²) in [6, 6.07) is 17.1. The van der Waals surface area contributed by atoms with E-state index in [0.29, 0.717) is 22.5 Å². The second-order valence-corrected chi connectivity index (χ2v) is 11.1. The summed E-state index contributed by atoms with van der Waals surface area (Å²) in [6.07, 6.45) is 1.55. The van der Waals surface area contributed by atoms with Crippen LogP contribution in [0.4, 0.5) is 14.5 Å². The number of aliphatic imine (C=N–C) groups is 1. The molecule has 11 heteroatoms. The second kappa shape index (κ2) is 10.4. The molecule has 5 rings (SSSR count). The van der Waals surface area contributed by atoms with Gasteiger partial charge in [0.15, 0.2) is 5.96 Å². The van der Waals surface area contributed by atoms with E-state index < -0.39 is 27.7 Å². The van der Waals surface area contributed by atoms with Crippen LogP contribution in [0, 0.1) is 11.6 Å². The molecule has 2 aliphatic rings. The van der Waals surface area contributed by atoms with Crippen molar-refractivity contribution in [3.8, 4) is 0 Å². The highest BCUT2D eigenvalue weighted by molar-refractivity contribution is 7.89. The first kappa shape index (κ1) is 26.3. The molecular weight excluding hydrogens is 524 g/mol. The molecule has 2 heterocycles. The van der Waals surface area contributed by atoms with E-state index in [2.05, 4.69) is 15.6 Å². The monoisotopic (exact) mass is 549 g/mol. The molecule has 2 aliphatic heterocycles. The topological polar surface area (TPSA) is 117 Å². The molecule has 0 saturated carbocycles. The Hall–Kier alpha value is -4.35. The number of hydrogen-bond acceptors (Lipinski definition) is 6. The number of rotatable bonds is 5. The molecule has 1 unspecified atom stereocenters. The van der Waals surface area contributed by atoms with Crippen LogP contribution >= 0.6 is 0 Å². The number of anilines is 1. The van der Waals surface area contributed by atoms with Crippen molar-refractivity contribution in [3.63, 3.8) is 0 Å². The van der Waals surface area contributed by atoms with Crippen LogP contribution in [0.2, 0.25) is 0 Å². The molecule has 0 aliphatic carbocycles. The first-order valence-corrected chi connectivity index (χ1v) is 13.5. The quantitative estimate of drug-likeness (QED) is 0.446. The Balaban J connectivity index is 1.62. The molecule has 8 nitrogen and oxygen atoms in total. The molecule has 0 saturated heterocycles. The van der Waals surface area contributed by atoms with Crippen molar-refractivity contribution in [1.82, 2.24) is 9.62 Å². The number of carbonyl (C=O) groups is 1. The summed E-state index contributed by atoms with van der Waals surface area (Å²) < 4.78 is 58.3. The van der Waals surface area contributed by atoms with Crippen molar-refractivity contribution in [1.29, 1.82) is 0 Å². The Labute approximate surface area is 224 Å². The molecule has 3 aromatic rings. The first-order valence-electron chi connectivity index (χ1n) is 12.0. The zero-order valence-corrected chi connectivity index (χ0v) is 21.7. The van der Waals surface area contributed by atoms with Gasteiger partial charge in [0.25, 0.3) is 0 Å². The first-order chi connectivity index (χ1) is 18.6. The van der Waals surface area contributed by atoms with Gasteiger partial charge in [-0.15, -0.1) is 0 Å². The third kappa shape index (κ3) is 5.31. The summed E-state index contributed by atoms with van der Waals surface area (Å²) in [4.78, 5) is 15.8. The number of nitrogens with one attached hydrogen (secondary N) is 2. The number of sulfonamides is 1. The Morgan fingerprint density at radius 3 is 2.36 bits per heavy atom. The lowest BCUT2D eigenvalue weighted by atomic mass is 9.90. The average Bonchev–Trinajstić information content (AvgIpc) is 2.90. The normalized spacial score (nSPS) is 18.8. The van der Waals surface area contributed by atoms with Crippen molar-refractivity contribution in [2.24, 2.45) is 10.7 Å². The van der Waals surface area contributed by atoms with Crippen molar-refractivity contribution >= 4 is 33.7 Å². The van der Waals surface area contributed by atoms with E-state index in [1.807, 2.05) is 0 Å². The Morgan fingerprint density at radius 1 is 1.03 bits per heavy atom. The van der Waals surface area contributed by atoms with Crippen LogP contribution in [-0.2, 0) is 14.8 Å². The number of benzene rings is 3. The van der Waals surface area contributed by atoms with Crippen molar-refractivity contribution in [3.05, 3.63) is 112 Å². The number of guanidine groups is 1. The molecule has 4 N–H and O–H groups in total. The number of carbonyl (C=O) groups excluding carboxylic acids is 1. The minimum atomic E-state index is -4.07. The summed E-state index contributed by atoms with van der Waals surface area (Å²) in [5.41, 5.74) is 8.42. The summed E-state index contributed by atoms with van der Waals surface area (Å²) in [5.74, 6) is -1.25. The molecule has 3 aromatic carbocycles. The third-order valence-electron chi connectivity index (χ3n) is 6.43. The maximum absolute atomic E-state index is 14.9. The molecule has 0 spiro atoms. The van der Waals surface area contributed by atoms with E-state index in [1.165, 1.54) is 47.6 Å². The zero-order valence-electron chi connectivity index (χ0n) is 20.9. The number of nitrogens with zero attached hydrogens (tertiary/aromatic N) is 2. The fraction of sp³-hybridized carbons (Fsp3) is 0.143. The molecule has 200 valence electrons. The molecular formula is C28H25F2N5O3S. The van der Waals surface area contributed by atoms with Crippen molar-refractivity contribution in [2.45, 2.75) is 17.9 Å². The summed E-state index contributed by atoms with van der Waals surface area (Å²) >= 11 is 0. The summed E-state index contributed by atoms with van der Waals surface area (Å²) in [5, 5.41) is 5.60. The Kier molecular flexibility index (Phi) is 7.02. The van der Waals surface area contributed by atoms with Gasteiger partial charge < -0.3 is 16.4 Å². The highest BCUT2D eigenvalue weighted by Gasteiger charge is 2.38.